The molecule has 31 heavy (non-hydrogen) atoms. The van der Waals surface area contributed by atoms with Gasteiger partial charge in [0.1, 0.15) is 0 Å². The van der Waals surface area contributed by atoms with E-state index in [0.29, 0.717) is 22.5 Å². The molecule has 0 saturated heterocycles. The molecule has 0 atom stereocenters. The highest BCUT2D eigenvalue weighted by Gasteiger charge is 2.27. The van der Waals surface area contributed by atoms with Crippen LogP contribution in [-0.4, -0.2) is 21.4 Å². The summed E-state index contributed by atoms with van der Waals surface area (Å²) in [5.74, 6) is -0.335. The van der Waals surface area contributed by atoms with Gasteiger partial charge in [-0.1, -0.05) is 60.7 Å². The number of carbonyl (C=O) groups excluding carboxylic acids is 1. The van der Waals surface area contributed by atoms with Gasteiger partial charge in [0, 0.05) is 5.56 Å². The smallest absolute Gasteiger partial charge is 0.280 e. The number of hydrogen-bond acceptors (Lipinski definition) is 4. The molecule has 0 aliphatic carbocycles. The lowest BCUT2D eigenvalue weighted by atomic mass is 10.1. The highest BCUT2D eigenvalue weighted by atomic mass is 16.3. The van der Waals surface area contributed by atoms with Gasteiger partial charge in [0.05, 0.1) is 28.4 Å². The molecule has 3 aromatic rings. The number of allylic oxidation sites excluding steroid dienone is 4. The van der Waals surface area contributed by atoms with Crippen LogP contribution in [0, 0.1) is 6.92 Å². The molecule has 0 fully saturated rings. The van der Waals surface area contributed by atoms with Gasteiger partial charge < -0.3 is 5.11 Å². The first-order chi connectivity index (χ1) is 15.1. The normalized spacial score (nSPS) is 15.5. The second kappa shape index (κ2) is 8.67. The zero-order chi connectivity index (χ0) is 21.8. The van der Waals surface area contributed by atoms with E-state index in [1.165, 1.54) is 9.69 Å². The van der Waals surface area contributed by atoms with Gasteiger partial charge in [-0.3, -0.25) is 4.79 Å². The lowest BCUT2D eigenvalue weighted by Gasteiger charge is -2.11. The van der Waals surface area contributed by atoms with Crippen molar-refractivity contribution in [3.63, 3.8) is 0 Å². The van der Waals surface area contributed by atoms with E-state index in [0.717, 1.165) is 11.4 Å². The Balaban J connectivity index is 1.48. The van der Waals surface area contributed by atoms with E-state index in [1.807, 2.05) is 60.7 Å². The van der Waals surface area contributed by atoms with Gasteiger partial charge in [-0.25, -0.2) is 4.68 Å². The largest absolute Gasteiger partial charge is 0.858 e. The third-order valence-electron chi connectivity index (χ3n) is 4.87. The Bertz CT molecular complexity index is 1220. The zero-order valence-electron chi connectivity index (χ0n) is 17.3. The molecule has 0 N–H and O–H groups in total. The second-order valence-electron chi connectivity index (χ2n) is 7.01. The zero-order valence-corrected chi connectivity index (χ0v) is 17.3. The summed E-state index contributed by atoms with van der Waals surface area (Å²) in [5.41, 5.74) is 3.84. The third kappa shape index (κ3) is 4.09. The van der Waals surface area contributed by atoms with Crippen molar-refractivity contribution in [2.24, 2.45) is 5.10 Å². The number of aryl methyl sites for hydroxylation is 1. The van der Waals surface area contributed by atoms with Gasteiger partial charge >= 0.3 is 0 Å². The molecule has 1 amide bonds. The Morgan fingerprint density at radius 2 is 1.52 bits per heavy atom. The van der Waals surface area contributed by atoms with Crippen molar-refractivity contribution >= 4 is 23.4 Å². The number of hydrazone groups is 1. The summed E-state index contributed by atoms with van der Waals surface area (Å²) in [6.07, 6.45) is 8.76. The average Bonchev–Trinajstić information content (AvgIpc) is 3.24. The van der Waals surface area contributed by atoms with Crippen LogP contribution in [0.3, 0.4) is 0 Å². The van der Waals surface area contributed by atoms with Gasteiger partial charge in [0.15, 0.2) is 0 Å². The van der Waals surface area contributed by atoms with Crippen LogP contribution < -0.4 is 10.1 Å². The molecule has 2 heterocycles. The standard InChI is InChI=1S/C25H22N4O2/c1-18-22(24(30)28(26-18)20-12-6-3-7-13-20)16-10-5-11-17-23-19(2)27-29(25(23)31)21-14-8-4-9-15-21/h3-17,30H,1-2H3/p-1/b11-5+,16-10+,23-17?. The molecule has 1 aliphatic heterocycles. The van der Waals surface area contributed by atoms with Crippen LogP contribution in [-0.2, 0) is 4.79 Å². The minimum Gasteiger partial charge on any atom is -0.858 e. The lowest BCUT2D eigenvalue weighted by Crippen LogP contribution is -2.21. The van der Waals surface area contributed by atoms with Crippen molar-refractivity contribution in [2.75, 3.05) is 5.01 Å². The van der Waals surface area contributed by atoms with Crippen LogP contribution in [0.5, 0.6) is 5.88 Å². The number of anilines is 1. The molecule has 4 rings (SSSR count). The van der Waals surface area contributed by atoms with Crippen LogP contribution in [0.1, 0.15) is 18.2 Å². The maximum Gasteiger partial charge on any atom is 0.280 e. The quantitative estimate of drug-likeness (QED) is 0.469. The fraction of sp³-hybridized carbons (Fsp3) is 0.0800. The number of benzene rings is 2. The van der Waals surface area contributed by atoms with Crippen LogP contribution >= 0.6 is 0 Å². The molecular formula is C25H21N4O2-. The molecule has 0 bridgehead atoms. The molecule has 6 heteroatoms. The Hall–Kier alpha value is -4.19. The van der Waals surface area contributed by atoms with Crippen molar-refractivity contribution in [3.05, 3.63) is 102 Å². The van der Waals surface area contributed by atoms with E-state index in [1.54, 1.807) is 44.2 Å². The molecule has 0 unspecified atom stereocenters. The number of hydrogen-bond donors (Lipinski definition) is 0. The summed E-state index contributed by atoms with van der Waals surface area (Å²) in [5, 5.41) is 22.8. The summed E-state index contributed by atoms with van der Waals surface area (Å²) in [7, 11) is 0. The lowest BCUT2D eigenvalue weighted by molar-refractivity contribution is -0.278. The van der Waals surface area contributed by atoms with Crippen LogP contribution in [0.25, 0.3) is 11.8 Å². The molecule has 0 radical (unpaired) electrons. The van der Waals surface area contributed by atoms with E-state index in [2.05, 4.69) is 10.2 Å². The fourth-order valence-corrected chi connectivity index (χ4v) is 3.28. The molecular weight excluding hydrogens is 388 g/mol. The molecule has 2 aromatic carbocycles. The molecule has 0 spiro atoms. The van der Waals surface area contributed by atoms with E-state index >= 15 is 0 Å². The third-order valence-corrected chi connectivity index (χ3v) is 4.87. The van der Waals surface area contributed by atoms with Crippen LogP contribution in [0.15, 0.2) is 95.6 Å². The van der Waals surface area contributed by atoms with Gasteiger partial charge in [0.2, 0.25) is 0 Å². The molecule has 0 saturated carbocycles. The van der Waals surface area contributed by atoms with Crippen molar-refractivity contribution in [2.45, 2.75) is 13.8 Å². The van der Waals surface area contributed by atoms with Gasteiger partial charge in [-0.05, 0) is 50.1 Å². The maximum atomic E-state index is 12.7. The minimum atomic E-state index is -0.167. The second-order valence-corrected chi connectivity index (χ2v) is 7.01. The molecule has 1 aliphatic rings. The predicted molar refractivity (Wildman–Crippen MR) is 121 cm³/mol. The first-order valence-electron chi connectivity index (χ1n) is 9.88. The summed E-state index contributed by atoms with van der Waals surface area (Å²) < 4.78 is 1.40. The Morgan fingerprint density at radius 1 is 0.871 bits per heavy atom. The van der Waals surface area contributed by atoms with Crippen molar-refractivity contribution < 1.29 is 9.90 Å². The summed E-state index contributed by atoms with van der Waals surface area (Å²) in [6.45, 7) is 3.61. The number of amides is 1. The Labute approximate surface area is 180 Å². The van der Waals surface area contributed by atoms with Gasteiger partial charge in [-0.2, -0.15) is 15.2 Å². The van der Waals surface area contributed by atoms with Crippen molar-refractivity contribution in [1.82, 2.24) is 9.78 Å². The van der Waals surface area contributed by atoms with Crippen molar-refractivity contribution in [3.8, 4) is 11.6 Å². The Morgan fingerprint density at radius 3 is 2.19 bits per heavy atom. The fourth-order valence-electron chi connectivity index (χ4n) is 3.28. The summed E-state index contributed by atoms with van der Waals surface area (Å²) in [4.78, 5) is 12.7. The highest BCUT2D eigenvalue weighted by Crippen LogP contribution is 2.24. The summed E-state index contributed by atoms with van der Waals surface area (Å²) in [6, 6.07) is 18.6. The van der Waals surface area contributed by atoms with E-state index in [9.17, 15) is 9.90 Å². The van der Waals surface area contributed by atoms with Crippen LogP contribution in [0.4, 0.5) is 5.69 Å². The van der Waals surface area contributed by atoms with Gasteiger partial charge in [0.25, 0.3) is 5.91 Å². The molecule has 154 valence electrons. The average molecular weight is 409 g/mol. The van der Waals surface area contributed by atoms with E-state index in [4.69, 9.17) is 0 Å². The number of nitrogens with zero attached hydrogens (tertiary/aromatic N) is 4. The number of aromatic nitrogens is 2. The molecule has 6 nitrogen and oxygen atoms in total. The topological polar surface area (TPSA) is 73.5 Å². The molecule has 1 aromatic heterocycles. The summed E-state index contributed by atoms with van der Waals surface area (Å²) >= 11 is 0. The SMILES string of the molecule is CC1=NN(c2ccccc2)C(=O)C1=C/C=C/C=C/c1c(C)nn(-c2ccccc2)c1[O-]. The monoisotopic (exact) mass is 409 g/mol. The van der Waals surface area contributed by atoms with Crippen molar-refractivity contribution in [1.29, 1.82) is 0 Å². The minimum absolute atomic E-state index is 0.167. The van der Waals surface area contributed by atoms with Crippen LogP contribution in [0.2, 0.25) is 0 Å². The van der Waals surface area contributed by atoms with E-state index < -0.39 is 0 Å². The Kier molecular flexibility index (Phi) is 5.62. The number of rotatable bonds is 5. The number of carbonyl (C=O) groups is 1. The first-order valence-corrected chi connectivity index (χ1v) is 9.88. The van der Waals surface area contributed by atoms with Gasteiger partial charge in [-0.15, -0.1) is 0 Å². The number of para-hydroxylation sites is 2. The highest BCUT2D eigenvalue weighted by molar-refractivity contribution is 6.29. The maximum absolute atomic E-state index is 12.7. The first kappa shape index (κ1) is 20.1. The van der Waals surface area contributed by atoms with E-state index in [-0.39, 0.29) is 11.8 Å². The predicted octanol–water partition coefficient (Wildman–Crippen LogP) is 4.17.